The van der Waals surface area contributed by atoms with Crippen molar-refractivity contribution in [3.63, 3.8) is 0 Å². The molecule has 1 aliphatic heterocycles. The van der Waals surface area contributed by atoms with Crippen molar-refractivity contribution < 1.29 is 14.6 Å². The van der Waals surface area contributed by atoms with Crippen LogP contribution in [0.3, 0.4) is 0 Å². The number of aliphatic hydroxyl groups excluding tert-OH is 1. The number of methoxy groups -OCH3 is 2. The maximum Gasteiger partial charge on any atom is 0.318 e. The molecule has 1 fully saturated rings. The number of hydrogen-bond acceptors (Lipinski definition) is 6. The minimum absolute atomic E-state index is 0.0443. The third-order valence-electron chi connectivity index (χ3n) is 3.92. The molecule has 7 heteroatoms. The number of ether oxygens (including phenoxy) is 2. The third kappa shape index (κ3) is 3.18. The summed E-state index contributed by atoms with van der Waals surface area (Å²) >= 11 is 6.26. The van der Waals surface area contributed by atoms with Crippen molar-refractivity contribution in [1.82, 2.24) is 9.97 Å². The largest absolute Gasteiger partial charge is 0.497 e. The summed E-state index contributed by atoms with van der Waals surface area (Å²) in [6, 6.07) is 7.98. The second kappa shape index (κ2) is 6.60. The lowest BCUT2D eigenvalue weighted by molar-refractivity contribution is 0.194. The SMILES string of the molecule is COc1cccc([C@@H]2C[C@H](O)CN2c2nc(OC)ncc2Cl)c1. The van der Waals surface area contributed by atoms with Crippen LogP contribution in [0.1, 0.15) is 18.0 Å². The van der Waals surface area contributed by atoms with Crippen molar-refractivity contribution in [2.24, 2.45) is 0 Å². The summed E-state index contributed by atoms with van der Waals surface area (Å²) in [7, 11) is 3.14. The van der Waals surface area contributed by atoms with E-state index in [2.05, 4.69) is 9.97 Å². The zero-order valence-corrected chi connectivity index (χ0v) is 13.7. The average molecular weight is 336 g/mol. The molecule has 2 atom stereocenters. The van der Waals surface area contributed by atoms with Crippen molar-refractivity contribution in [2.75, 3.05) is 25.7 Å². The van der Waals surface area contributed by atoms with Crippen LogP contribution < -0.4 is 14.4 Å². The molecule has 0 spiro atoms. The van der Waals surface area contributed by atoms with Gasteiger partial charge in [-0.1, -0.05) is 23.7 Å². The Morgan fingerprint density at radius 3 is 2.87 bits per heavy atom. The van der Waals surface area contributed by atoms with Crippen LogP contribution in [0.2, 0.25) is 5.02 Å². The molecule has 1 aromatic carbocycles. The Bertz CT molecular complexity index is 698. The molecular formula is C16H18ClN3O3. The fourth-order valence-electron chi connectivity index (χ4n) is 2.85. The Morgan fingerprint density at radius 2 is 2.13 bits per heavy atom. The number of halogens is 1. The van der Waals surface area contributed by atoms with Crippen molar-refractivity contribution >= 4 is 17.4 Å². The molecule has 1 N–H and O–H groups in total. The van der Waals surface area contributed by atoms with Crippen LogP contribution in [-0.4, -0.2) is 41.9 Å². The molecule has 1 aromatic heterocycles. The second-order valence-electron chi connectivity index (χ2n) is 5.36. The Morgan fingerprint density at radius 1 is 1.30 bits per heavy atom. The minimum atomic E-state index is -0.455. The van der Waals surface area contributed by atoms with Gasteiger partial charge < -0.3 is 19.5 Å². The van der Waals surface area contributed by atoms with Crippen LogP contribution in [-0.2, 0) is 0 Å². The molecular weight excluding hydrogens is 318 g/mol. The van der Waals surface area contributed by atoms with Gasteiger partial charge in [-0.2, -0.15) is 4.98 Å². The molecule has 1 aliphatic rings. The van der Waals surface area contributed by atoms with E-state index in [-0.39, 0.29) is 12.1 Å². The number of β-amino-alcohol motifs (C(OH)–C–C–N with tert-alkyl or cyclic N) is 1. The highest BCUT2D eigenvalue weighted by Gasteiger charge is 2.34. The van der Waals surface area contributed by atoms with E-state index in [1.54, 1.807) is 7.11 Å². The van der Waals surface area contributed by atoms with E-state index < -0.39 is 6.10 Å². The van der Waals surface area contributed by atoms with E-state index in [1.807, 2.05) is 29.2 Å². The summed E-state index contributed by atoms with van der Waals surface area (Å²) in [5.74, 6) is 1.33. The molecule has 0 amide bonds. The van der Waals surface area contributed by atoms with Gasteiger partial charge in [0.2, 0.25) is 0 Å². The monoisotopic (exact) mass is 335 g/mol. The van der Waals surface area contributed by atoms with Crippen molar-refractivity contribution in [2.45, 2.75) is 18.6 Å². The lowest BCUT2D eigenvalue weighted by Gasteiger charge is -2.26. The molecule has 6 nitrogen and oxygen atoms in total. The zero-order chi connectivity index (χ0) is 16.4. The van der Waals surface area contributed by atoms with Gasteiger partial charge in [0, 0.05) is 6.54 Å². The average Bonchev–Trinajstić information content (AvgIpc) is 2.97. The van der Waals surface area contributed by atoms with Crippen LogP contribution in [0.15, 0.2) is 30.5 Å². The van der Waals surface area contributed by atoms with E-state index in [0.29, 0.717) is 23.8 Å². The van der Waals surface area contributed by atoms with Gasteiger partial charge in [0.25, 0.3) is 0 Å². The first-order valence-corrected chi connectivity index (χ1v) is 7.65. The number of hydrogen-bond donors (Lipinski definition) is 1. The molecule has 0 radical (unpaired) electrons. The van der Waals surface area contributed by atoms with E-state index in [0.717, 1.165) is 11.3 Å². The van der Waals surface area contributed by atoms with Gasteiger partial charge in [-0.15, -0.1) is 0 Å². The van der Waals surface area contributed by atoms with Gasteiger partial charge in [0.05, 0.1) is 32.6 Å². The molecule has 0 unspecified atom stereocenters. The van der Waals surface area contributed by atoms with Crippen molar-refractivity contribution in [3.05, 3.63) is 41.0 Å². The van der Waals surface area contributed by atoms with Gasteiger partial charge in [-0.3, -0.25) is 0 Å². The summed E-state index contributed by atoms with van der Waals surface area (Å²) in [6.07, 6.45) is 1.65. The van der Waals surface area contributed by atoms with Crippen molar-refractivity contribution in [1.29, 1.82) is 0 Å². The predicted octanol–water partition coefficient (Wildman–Crippen LogP) is 2.46. The molecule has 0 saturated carbocycles. The third-order valence-corrected chi connectivity index (χ3v) is 4.18. The molecule has 3 rings (SSSR count). The molecule has 2 heterocycles. The second-order valence-corrected chi connectivity index (χ2v) is 5.77. The Kier molecular flexibility index (Phi) is 4.54. The van der Waals surface area contributed by atoms with E-state index in [9.17, 15) is 5.11 Å². The molecule has 122 valence electrons. The Hall–Kier alpha value is -2.05. The van der Waals surface area contributed by atoms with Crippen LogP contribution in [0.25, 0.3) is 0 Å². The Balaban J connectivity index is 1.99. The Labute approximate surface area is 139 Å². The van der Waals surface area contributed by atoms with E-state index >= 15 is 0 Å². The molecule has 23 heavy (non-hydrogen) atoms. The fourth-order valence-corrected chi connectivity index (χ4v) is 3.05. The molecule has 1 saturated heterocycles. The standard InChI is InChI=1S/C16H18ClN3O3/c1-22-12-5-3-4-10(6-12)14-7-11(21)9-20(14)15-13(17)8-18-16(19-15)23-2/h3-6,8,11,14,21H,7,9H2,1-2H3/t11-,14-/m0/s1. The van der Waals surface area contributed by atoms with Gasteiger partial charge >= 0.3 is 6.01 Å². The lowest BCUT2D eigenvalue weighted by Crippen LogP contribution is -2.25. The summed E-state index contributed by atoms with van der Waals surface area (Å²) in [6.45, 7) is 0.446. The summed E-state index contributed by atoms with van der Waals surface area (Å²) in [5.41, 5.74) is 1.04. The van der Waals surface area contributed by atoms with Gasteiger partial charge in [-0.05, 0) is 24.1 Å². The number of benzene rings is 1. The molecule has 0 aliphatic carbocycles. The van der Waals surface area contributed by atoms with E-state index in [4.69, 9.17) is 21.1 Å². The molecule has 0 bridgehead atoms. The maximum atomic E-state index is 10.1. The highest BCUT2D eigenvalue weighted by atomic mass is 35.5. The summed E-state index contributed by atoms with van der Waals surface area (Å²) in [4.78, 5) is 10.3. The first kappa shape index (κ1) is 15.8. The number of nitrogens with zero attached hydrogens (tertiary/aromatic N) is 3. The van der Waals surface area contributed by atoms with Crippen LogP contribution in [0.4, 0.5) is 5.82 Å². The smallest absolute Gasteiger partial charge is 0.318 e. The van der Waals surface area contributed by atoms with Crippen LogP contribution in [0, 0.1) is 0 Å². The normalized spacial score (nSPS) is 20.6. The highest BCUT2D eigenvalue weighted by Crippen LogP contribution is 2.39. The number of aliphatic hydroxyl groups is 1. The quantitative estimate of drug-likeness (QED) is 0.925. The van der Waals surface area contributed by atoms with Crippen LogP contribution in [0.5, 0.6) is 11.8 Å². The zero-order valence-electron chi connectivity index (χ0n) is 12.9. The summed E-state index contributed by atoms with van der Waals surface area (Å²) < 4.78 is 10.4. The topological polar surface area (TPSA) is 67.7 Å². The number of aromatic nitrogens is 2. The highest BCUT2D eigenvalue weighted by molar-refractivity contribution is 6.32. The van der Waals surface area contributed by atoms with Gasteiger partial charge in [0.15, 0.2) is 5.82 Å². The molecule has 2 aromatic rings. The van der Waals surface area contributed by atoms with Crippen LogP contribution >= 0.6 is 11.6 Å². The minimum Gasteiger partial charge on any atom is -0.497 e. The van der Waals surface area contributed by atoms with E-state index in [1.165, 1.54) is 13.3 Å². The predicted molar refractivity (Wildman–Crippen MR) is 87.3 cm³/mol. The van der Waals surface area contributed by atoms with Gasteiger partial charge in [-0.25, -0.2) is 4.98 Å². The first-order valence-electron chi connectivity index (χ1n) is 7.27. The fraction of sp³-hybridized carbons (Fsp3) is 0.375. The summed E-state index contributed by atoms with van der Waals surface area (Å²) in [5, 5.41) is 10.6. The maximum absolute atomic E-state index is 10.1. The first-order chi connectivity index (χ1) is 11.1. The number of rotatable bonds is 4. The van der Waals surface area contributed by atoms with Gasteiger partial charge in [0.1, 0.15) is 10.8 Å². The number of anilines is 1. The van der Waals surface area contributed by atoms with Crippen molar-refractivity contribution in [3.8, 4) is 11.8 Å². The lowest BCUT2D eigenvalue weighted by atomic mass is 10.0.